The quantitative estimate of drug-likeness (QED) is 0.387. The van der Waals surface area contributed by atoms with Crippen molar-refractivity contribution in [2.75, 3.05) is 0 Å². The summed E-state index contributed by atoms with van der Waals surface area (Å²) in [5.41, 5.74) is 1.85. The second kappa shape index (κ2) is 5.67. The molecule has 3 aromatic rings. The van der Waals surface area contributed by atoms with E-state index in [2.05, 4.69) is 4.98 Å². The molecule has 3 rings (SSSR count). The first-order valence-electron chi connectivity index (χ1n) is 6.82. The van der Waals surface area contributed by atoms with Gasteiger partial charge in [0.25, 0.3) is 0 Å². The lowest BCUT2D eigenvalue weighted by Crippen LogP contribution is -2.36. The maximum absolute atomic E-state index is 12.4. The first-order chi connectivity index (χ1) is 10.6. The van der Waals surface area contributed by atoms with Crippen LogP contribution >= 0.6 is 0 Å². The second-order valence-corrected chi connectivity index (χ2v) is 5.04. The third kappa shape index (κ3) is 2.62. The van der Waals surface area contributed by atoms with Gasteiger partial charge in [-0.1, -0.05) is 35.9 Å². The monoisotopic (exact) mass is 295 g/mol. The van der Waals surface area contributed by atoms with Crippen molar-refractivity contribution in [2.45, 2.75) is 6.92 Å². The summed E-state index contributed by atoms with van der Waals surface area (Å²) in [7, 11) is -1.78. The summed E-state index contributed by atoms with van der Waals surface area (Å²) in [4.78, 5) is 15.3. The Bertz CT molecular complexity index is 824. The number of ether oxygens (including phenoxy) is 1. The topological polar surface area (TPSA) is 82.6 Å². The Morgan fingerprint density at radius 2 is 1.77 bits per heavy atom. The average Bonchev–Trinajstić information content (AvgIpc) is 2.89. The van der Waals surface area contributed by atoms with Crippen molar-refractivity contribution in [3.63, 3.8) is 0 Å². The number of fused-ring (bicyclic) bond motifs is 1. The minimum absolute atomic E-state index is 0.0262. The Labute approximate surface area is 127 Å². The zero-order valence-corrected chi connectivity index (χ0v) is 11.9. The molecule has 3 N–H and O–H groups in total. The van der Waals surface area contributed by atoms with E-state index in [1.54, 1.807) is 36.4 Å². The summed E-state index contributed by atoms with van der Waals surface area (Å²) in [6, 6.07) is 14.1. The van der Waals surface area contributed by atoms with Crippen LogP contribution in [0.3, 0.4) is 0 Å². The molecule has 110 valence electrons. The fourth-order valence-corrected chi connectivity index (χ4v) is 2.34. The van der Waals surface area contributed by atoms with Gasteiger partial charge in [0.15, 0.2) is 0 Å². The van der Waals surface area contributed by atoms with Gasteiger partial charge in [-0.3, -0.25) is 0 Å². The highest BCUT2D eigenvalue weighted by atomic mass is 16.5. The molecular weight excluding hydrogens is 281 g/mol. The van der Waals surface area contributed by atoms with E-state index < -0.39 is 13.1 Å². The van der Waals surface area contributed by atoms with E-state index in [9.17, 15) is 14.8 Å². The number of hydrogen-bond donors (Lipinski definition) is 3. The van der Waals surface area contributed by atoms with Crippen LogP contribution in [0.4, 0.5) is 0 Å². The molecule has 0 unspecified atom stereocenters. The van der Waals surface area contributed by atoms with Crippen molar-refractivity contribution < 1.29 is 19.6 Å². The minimum atomic E-state index is -1.78. The summed E-state index contributed by atoms with van der Waals surface area (Å²) in [5.74, 6) is -0.233. The van der Waals surface area contributed by atoms with Gasteiger partial charge in [-0.2, -0.15) is 0 Å². The van der Waals surface area contributed by atoms with Crippen molar-refractivity contribution in [3.8, 4) is 5.75 Å². The van der Waals surface area contributed by atoms with E-state index in [1.807, 2.05) is 19.1 Å². The van der Waals surface area contributed by atoms with E-state index in [4.69, 9.17) is 4.74 Å². The van der Waals surface area contributed by atoms with Crippen molar-refractivity contribution in [2.24, 2.45) is 0 Å². The molecule has 1 aromatic heterocycles. The van der Waals surface area contributed by atoms with Crippen molar-refractivity contribution in [1.29, 1.82) is 0 Å². The maximum Gasteiger partial charge on any atom is 0.506 e. The Morgan fingerprint density at radius 1 is 1.09 bits per heavy atom. The van der Waals surface area contributed by atoms with E-state index in [0.29, 0.717) is 16.7 Å². The lowest BCUT2D eigenvalue weighted by atomic mass is 9.83. The normalized spacial score (nSPS) is 10.7. The molecule has 0 atom stereocenters. The zero-order chi connectivity index (χ0) is 15.7. The standard InChI is InChI=1S/C16H14BNO4/c1-10-6-8-11(9-7-10)22-16(19)14-12-4-2-3-5-13(12)18-15(14)17(20)21/h2-9,18,20-21H,1H3. The number of hydrogen-bond acceptors (Lipinski definition) is 4. The first-order valence-corrected chi connectivity index (χ1v) is 6.82. The third-order valence-electron chi connectivity index (χ3n) is 3.43. The molecule has 5 nitrogen and oxygen atoms in total. The Morgan fingerprint density at radius 3 is 2.45 bits per heavy atom. The smallest absolute Gasteiger partial charge is 0.423 e. The molecular formula is C16H14BNO4. The zero-order valence-electron chi connectivity index (χ0n) is 11.9. The molecule has 1 heterocycles. The molecule has 0 spiro atoms. The molecule has 0 aliphatic heterocycles. The van der Waals surface area contributed by atoms with Gasteiger partial charge < -0.3 is 19.8 Å². The van der Waals surface area contributed by atoms with Crippen LogP contribution in [0.25, 0.3) is 10.9 Å². The van der Waals surface area contributed by atoms with Gasteiger partial charge in [-0.15, -0.1) is 0 Å². The Kier molecular flexibility index (Phi) is 3.71. The number of aromatic amines is 1. The van der Waals surface area contributed by atoms with Gasteiger partial charge in [0.05, 0.1) is 11.2 Å². The van der Waals surface area contributed by atoms with Crippen LogP contribution in [0.15, 0.2) is 48.5 Å². The molecule has 6 heteroatoms. The van der Waals surface area contributed by atoms with Gasteiger partial charge in [0, 0.05) is 10.9 Å². The fourth-order valence-electron chi connectivity index (χ4n) is 2.34. The predicted octanol–water partition coefficient (Wildman–Crippen LogP) is 1.38. The molecule has 2 aromatic carbocycles. The van der Waals surface area contributed by atoms with Crippen LogP contribution in [0.1, 0.15) is 15.9 Å². The number of nitrogens with one attached hydrogen (secondary N) is 1. The van der Waals surface area contributed by atoms with Gasteiger partial charge in [0.2, 0.25) is 0 Å². The van der Waals surface area contributed by atoms with Crippen molar-refractivity contribution in [3.05, 3.63) is 59.7 Å². The summed E-state index contributed by atoms with van der Waals surface area (Å²) < 4.78 is 5.33. The summed E-state index contributed by atoms with van der Waals surface area (Å²) >= 11 is 0. The lowest BCUT2D eigenvalue weighted by Gasteiger charge is -2.06. The van der Waals surface area contributed by atoms with E-state index in [1.165, 1.54) is 0 Å². The number of aromatic nitrogens is 1. The van der Waals surface area contributed by atoms with Gasteiger partial charge >= 0.3 is 13.1 Å². The van der Waals surface area contributed by atoms with Crippen LogP contribution in [-0.4, -0.2) is 28.1 Å². The van der Waals surface area contributed by atoms with Crippen LogP contribution in [0, 0.1) is 6.92 Å². The van der Waals surface area contributed by atoms with Crippen molar-refractivity contribution in [1.82, 2.24) is 4.98 Å². The van der Waals surface area contributed by atoms with E-state index in [-0.39, 0.29) is 11.2 Å². The third-order valence-corrected chi connectivity index (χ3v) is 3.43. The van der Waals surface area contributed by atoms with Crippen LogP contribution in [0.5, 0.6) is 5.75 Å². The number of para-hydroxylation sites is 1. The summed E-state index contributed by atoms with van der Waals surface area (Å²) in [6.07, 6.45) is 0. The number of H-pyrrole nitrogens is 1. The molecule has 0 radical (unpaired) electrons. The second-order valence-electron chi connectivity index (χ2n) is 5.04. The van der Waals surface area contributed by atoms with Crippen LogP contribution in [0.2, 0.25) is 0 Å². The van der Waals surface area contributed by atoms with Crippen molar-refractivity contribution >= 4 is 29.6 Å². The van der Waals surface area contributed by atoms with E-state index >= 15 is 0 Å². The van der Waals surface area contributed by atoms with E-state index in [0.717, 1.165) is 5.56 Å². The first kappa shape index (κ1) is 14.4. The molecule has 0 aliphatic carbocycles. The molecule has 0 amide bonds. The predicted molar refractivity (Wildman–Crippen MR) is 84.3 cm³/mol. The molecule has 0 fully saturated rings. The van der Waals surface area contributed by atoms with Gasteiger partial charge in [-0.25, -0.2) is 4.79 Å². The average molecular weight is 295 g/mol. The lowest BCUT2D eigenvalue weighted by molar-refractivity contribution is 0.0737. The molecule has 22 heavy (non-hydrogen) atoms. The minimum Gasteiger partial charge on any atom is -0.423 e. The Balaban J connectivity index is 2.02. The number of aryl methyl sites for hydroxylation is 1. The molecule has 0 aliphatic rings. The van der Waals surface area contributed by atoms with Crippen LogP contribution in [-0.2, 0) is 0 Å². The highest BCUT2D eigenvalue weighted by Gasteiger charge is 2.27. The number of benzene rings is 2. The molecule has 0 saturated heterocycles. The van der Waals surface area contributed by atoms with Crippen LogP contribution < -0.4 is 10.3 Å². The molecule has 0 saturated carbocycles. The highest BCUT2D eigenvalue weighted by molar-refractivity contribution is 6.60. The number of carbonyl (C=O) groups excluding carboxylic acids is 1. The number of esters is 1. The largest absolute Gasteiger partial charge is 0.506 e. The summed E-state index contributed by atoms with van der Waals surface area (Å²) in [6.45, 7) is 1.94. The number of carbonyl (C=O) groups is 1. The SMILES string of the molecule is Cc1ccc(OC(=O)c2c(B(O)O)[nH]c3ccccc23)cc1. The number of rotatable bonds is 3. The fraction of sp³-hybridized carbons (Fsp3) is 0.0625. The Hall–Kier alpha value is -2.57. The van der Waals surface area contributed by atoms with Gasteiger partial charge in [0.1, 0.15) is 5.75 Å². The maximum atomic E-state index is 12.4. The summed E-state index contributed by atoms with van der Waals surface area (Å²) in [5, 5.41) is 19.5. The molecule has 0 bridgehead atoms. The highest BCUT2D eigenvalue weighted by Crippen LogP contribution is 2.19. The van der Waals surface area contributed by atoms with Gasteiger partial charge in [-0.05, 0) is 25.1 Å².